The van der Waals surface area contributed by atoms with Crippen molar-refractivity contribution >= 4 is 16.9 Å². The first kappa shape index (κ1) is 23.6. The van der Waals surface area contributed by atoms with Gasteiger partial charge in [0.25, 0.3) is 5.91 Å². The Balaban J connectivity index is 1.71. The number of likely N-dealkylation sites (N-methyl/N-ethyl adjacent to an activating group) is 1. The number of carbonyl (C=O) groups is 1. The second-order valence-electron chi connectivity index (χ2n) is 8.92. The molecule has 0 fully saturated rings. The lowest BCUT2D eigenvalue weighted by Crippen LogP contribution is -2.24. The van der Waals surface area contributed by atoms with Crippen molar-refractivity contribution in [1.82, 2.24) is 34.5 Å². The smallest absolute Gasteiger partial charge is 0.252 e. The number of aryl methyl sites for hydroxylation is 1. The van der Waals surface area contributed by atoms with Gasteiger partial charge in [-0.2, -0.15) is 5.10 Å². The third-order valence-electron chi connectivity index (χ3n) is 5.67. The monoisotopic (exact) mass is 460 g/mol. The molecule has 1 aromatic carbocycles. The van der Waals surface area contributed by atoms with Gasteiger partial charge in [0, 0.05) is 44.5 Å². The molecule has 9 heteroatoms. The molecule has 9 nitrogen and oxygen atoms in total. The molecule has 0 unspecified atom stereocenters. The van der Waals surface area contributed by atoms with Gasteiger partial charge in [0.15, 0.2) is 5.65 Å². The van der Waals surface area contributed by atoms with Gasteiger partial charge in [0.2, 0.25) is 0 Å². The Kier molecular flexibility index (Phi) is 7.04. The number of aromatic nitrogens is 5. The number of carbonyl (C=O) groups excluding carboxylic acids is 1. The molecule has 34 heavy (non-hydrogen) atoms. The summed E-state index contributed by atoms with van der Waals surface area (Å²) >= 11 is 0. The fourth-order valence-corrected chi connectivity index (χ4v) is 4.00. The lowest BCUT2D eigenvalue weighted by Gasteiger charge is -2.16. The van der Waals surface area contributed by atoms with Crippen molar-refractivity contribution in [3.63, 3.8) is 0 Å². The number of fused-ring (bicyclic) bond motifs is 1. The predicted octanol–water partition coefficient (Wildman–Crippen LogP) is 2.73. The summed E-state index contributed by atoms with van der Waals surface area (Å²) in [4.78, 5) is 24.6. The van der Waals surface area contributed by atoms with E-state index in [-0.39, 0.29) is 11.9 Å². The largest absolute Gasteiger partial charge is 0.346 e. The quantitative estimate of drug-likeness (QED) is 0.398. The van der Waals surface area contributed by atoms with Crippen LogP contribution in [0.3, 0.4) is 0 Å². The molecular weight excluding hydrogens is 428 g/mol. The van der Waals surface area contributed by atoms with Crippen LogP contribution >= 0.6 is 0 Å². The Labute approximate surface area is 199 Å². The highest BCUT2D eigenvalue weighted by Gasteiger charge is 2.19. The van der Waals surface area contributed by atoms with Crippen molar-refractivity contribution in [3.8, 4) is 11.3 Å². The van der Waals surface area contributed by atoms with Gasteiger partial charge in [-0.25, -0.2) is 14.6 Å². The third-order valence-corrected chi connectivity index (χ3v) is 5.67. The van der Waals surface area contributed by atoms with Gasteiger partial charge in [0.1, 0.15) is 0 Å². The molecule has 1 amide bonds. The van der Waals surface area contributed by atoms with Crippen molar-refractivity contribution in [2.24, 2.45) is 12.8 Å². The average Bonchev–Trinajstić information content (AvgIpc) is 3.43. The molecule has 3 N–H and O–H groups in total. The van der Waals surface area contributed by atoms with Crippen molar-refractivity contribution in [2.75, 3.05) is 20.1 Å². The van der Waals surface area contributed by atoms with Crippen molar-refractivity contribution in [2.45, 2.75) is 33.0 Å². The van der Waals surface area contributed by atoms with Crippen LogP contribution in [0.5, 0.6) is 0 Å². The molecule has 4 rings (SSSR count). The molecular formula is C25H32N8O. The molecule has 0 aliphatic rings. The van der Waals surface area contributed by atoms with E-state index in [1.807, 2.05) is 40.7 Å². The van der Waals surface area contributed by atoms with Gasteiger partial charge >= 0.3 is 0 Å². The molecule has 0 saturated heterocycles. The topological polar surface area (TPSA) is 107 Å². The number of rotatable bonds is 9. The molecule has 0 atom stereocenters. The van der Waals surface area contributed by atoms with E-state index >= 15 is 0 Å². The highest BCUT2D eigenvalue weighted by atomic mass is 16.1. The van der Waals surface area contributed by atoms with Crippen LogP contribution in [0.25, 0.3) is 22.3 Å². The lowest BCUT2D eigenvalue weighted by molar-refractivity contribution is 0.0952. The molecule has 3 aromatic heterocycles. The number of pyridine rings is 1. The van der Waals surface area contributed by atoms with E-state index in [1.54, 1.807) is 12.5 Å². The number of nitrogens with zero attached hydrogens (tertiary/aromatic N) is 6. The van der Waals surface area contributed by atoms with Crippen LogP contribution in [-0.2, 0) is 20.1 Å². The van der Waals surface area contributed by atoms with Crippen LogP contribution < -0.4 is 11.1 Å². The normalized spacial score (nSPS) is 11.6. The van der Waals surface area contributed by atoms with Crippen molar-refractivity contribution in [1.29, 1.82) is 0 Å². The summed E-state index contributed by atoms with van der Waals surface area (Å²) in [7, 11) is 3.95. The van der Waals surface area contributed by atoms with Gasteiger partial charge in [0.05, 0.1) is 41.4 Å². The molecule has 4 aromatic rings. The van der Waals surface area contributed by atoms with Crippen LogP contribution in [0.15, 0.2) is 49.1 Å². The summed E-state index contributed by atoms with van der Waals surface area (Å²) in [5.74, 6) is -0.179. The van der Waals surface area contributed by atoms with E-state index < -0.39 is 0 Å². The summed E-state index contributed by atoms with van der Waals surface area (Å²) in [5, 5.41) is 8.23. The Bertz CT molecular complexity index is 1290. The van der Waals surface area contributed by atoms with Crippen LogP contribution in [0, 0.1) is 0 Å². The number of nitrogens with one attached hydrogen (secondary N) is 1. The summed E-state index contributed by atoms with van der Waals surface area (Å²) in [6.45, 7) is 6.67. The molecule has 0 aliphatic heterocycles. The van der Waals surface area contributed by atoms with E-state index in [0.717, 1.165) is 41.0 Å². The minimum Gasteiger partial charge on any atom is -0.346 e. The minimum absolute atomic E-state index is 0.112. The maximum atomic E-state index is 13.3. The SMILES string of the molecule is CC(C)n1ncc2c(C(=O)NCc3cn(C)cn3)cc(-c3cccc(CN(C)CCN)c3)nc21. The van der Waals surface area contributed by atoms with Crippen LogP contribution in [-0.4, -0.2) is 55.3 Å². The maximum absolute atomic E-state index is 13.3. The summed E-state index contributed by atoms with van der Waals surface area (Å²) in [5.41, 5.74) is 10.6. The molecule has 0 aliphatic carbocycles. The number of hydrogen-bond donors (Lipinski definition) is 2. The van der Waals surface area contributed by atoms with E-state index in [0.29, 0.717) is 24.3 Å². The van der Waals surface area contributed by atoms with E-state index in [1.165, 1.54) is 0 Å². The minimum atomic E-state index is -0.179. The summed E-state index contributed by atoms with van der Waals surface area (Å²) < 4.78 is 3.71. The zero-order valence-corrected chi connectivity index (χ0v) is 20.2. The fourth-order valence-electron chi connectivity index (χ4n) is 4.00. The molecule has 0 radical (unpaired) electrons. The summed E-state index contributed by atoms with van der Waals surface area (Å²) in [6, 6.07) is 10.2. The van der Waals surface area contributed by atoms with Gasteiger partial charge in [-0.15, -0.1) is 0 Å². The van der Waals surface area contributed by atoms with Crippen LogP contribution in [0.1, 0.15) is 41.5 Å². The predicted molar refractivity (Wildman–Crippen MR) is 133 cm³/mol. The maximum Gasteiger partial charge on any atom is 0.252 e. The Morgan fingerprint density at radius 1 is 1.26 bits per heavy atom. The average molecular weight is 461 g/mol. The molecule has 178 valence electrons. The molecule has 0 saturated carbocycles. The lowest BCUT2D eigenvalue weighted by atomic mass is 10.0. The van der Waals surface area contributed by atoms with E-state index in [9.17, 15) is 4.79 Å². The van der Waals surface area contributed by atoms with E-state index in [2.05, 4.69) is 53.3 Å². The number of nitrogens with two attached hydrogens (primary N) is 1. The van der Waals surface area contributed by atoms with E-state index in [4.69, 9.17) is 10.7 Å². The van der Waals surface area contributed by atoms with Crippen molar-refractivity contribution in [3.05, 3.63) is 65.9 Å². The van der Waals surface area contributed by atoms with Crippen molar-refractivity contribution < 1.29 is 4.79 Å². The van der Waals surface area contributed by atoms with Gasteiger partial charge in [-0.1, -0.05) is 18.2 Å². The second-order valence-corrected chi connectivity index (χ2v) is 8.92. The number of hydrogen-bond acceptors (Lipinski definition) is 6. The number of amides is 1. The Morgan fingerprint density at radius 2 is 2.09 bits per heavy atom. The van der Waals surface area contributed by atoms with Crippen LogP contribution in [0.4, 0.5) is 0 Å². The zero-order valence-electron chi connectivity index (χ0n) is 20.2. The van der Waals surface area contributed by atoms with Gasteiger partial charge in [-0.05, 0) is 38.6 Å². The highest BCUT2D eigenvalue weighted by molar-refractivity contribution is 6.06. The first-order valence-electron chi connectivity index (χ1n) is 11.5. The highest BCUT2D eigenvalue weighted by Crippen LogP contribution is 2.27. The Hall–Kier alpha value is -3.56. The standard InChI is InChI=1S/C25H32N8O/c1-17(2)33-24-22(13-29-33)21(25(34)27-12-20-15-32(4)16-28-20)11-23(30-24)19-7-5-6-18(10-19)14-31(3)9-8-26/h5-7,10-11,13,15-17H,8-9,12,14,26H2,1-4H3,(H,27,34). The zero-order chi connectivity index (χ0) is 24.2. The summed E-state index contributed by atoms with van der Waals surface area (Å²) in [6.07, 6.45) is 5.33. The Morgan fingerprint density at radius 3 is 2.79 bits per heavy atom. The first-order valence-corrected chi connectivity index (χ1v) is 11.5. The second kappa shape index (κ2) is 10.1. The number of benzene rings is 1. The molecule has 3 heterocycles. The first-order chi connectivity index (χ1) is 16.4. The van der Waals surface area contributed by atoms with Gasteiger partial charge in [-0.3, -0.25) is 4.79 Å². The van der Waals surface area contributed by atoms with Gasteiger partial charge < -0.3 is 20.5 Å². The molecule has 0 bridgehead atoms. The fraction of sp³-hybridized carbons (Fsp3) is 0.360. The number of imidazole rings is 1. The van der Waals surface area contributed by atoms with Crippen LogP contribution in [0.2, 0.25) is 0 Å². The third kappa shape index (κ3) is 5.16. The molecule has 0 spiro atoms.